The van der Waals surface area contributed by atoms with Gasteiger partial charge in [-0.1, -0.05) is 0 Å². The Bertz CT molecular complexity index is 1200. The van der Waals surface area contributed by atoms with Crippen molar-refractivity contribution >= 4 is 28.4 Å². The zero-order chi connectivity index (χ0) is 23.5. The van der Waals surface area contributed by atoms with Crippen LogP contribution in [0.4, 0.5) is 5.69 Å². The molecule has 0 radical (unpaired) electrons. The maximum Gasteiger partial charge on any atom is 0.270 e. The number of aromatic nitrogens is 1. The zero-order valence-electron chi connectivity index (χ0n) is 19.4. The Balaban J connectivity index is 1.64. The summed E-state index contributed by atoms with van der Waals surface area (Å²) in [6.07, 6.45) is 1.83. The van der Waals surface area contributed by atoms with Gasteiger partial charge in [-0.05, 0) is 54.8 Å². The number of nitrogens with one attached hydrogen (secondary N) is 1. The summed E-state index contributed by atoms with van der Waals surface area (Å²) in [4.78, 5) is 27.7. The molecule has 33 heavy (non-hydrogen) atoms. The molecule has 0 saturated carbocycles. The summed E-state index contributed by atoms with van der Waals surface area (Å²) in [5.74, 6) is 1.95. The molecule has 1 aliphatic rings. The fraction of sp³-hybridized carbons (Fsp3) is 0.360. The number of carbonyl (C=O) groups excluding carboxylic acids is 2. The van der Waals surface area contributed by atoms with Crippen LogP contribution in [0.5, 0.6) is 17.2 Å². The van der Waals surface area contributed by atoms with Crippen LogP contribution < -0.4 is 24.4 Å². The number of anilines is 1. The second-order valence-corrected chi connectivity index (χ2v) is 7.97. The van der Waals surface area contributed by atoms with Crippen molar-refractivity contribution in [2.75, 3.05) is 39.3 Å². The number of aryl methyl sites for hydroxylation is 1. The van der Waals surface area contributed by atoms with Crippen LogP contribution in [0.15, 0.2) is 36.4 Å². The van der Waals surface area contributed by atoms with Gasteiger partial charge in [-0.2, -0.15) is 0 Å². The lowest BCUT2D eigenvalue weighted by molar-refractivity contribution is -0.117. The van der Waals surface area contributed by atoms with Gasteiger partial charge < -0.3 is 29.0 Å². The van der Waals surface area contributed by atoms with Crippen LogP contribution in [0.2, 0.25) is 0 Å². The number of carbonyl (C=O) groups is 2. The largest absolute Gasteiger partial charge is 0.497 e. The molecule has 1 N–H and O–H groups in total. The molecule has 2 heterocycles. The van der Waals surface area contributed by atoms with Gasteiger partial charge in [0.05, 0.1) is 32.5 Å². The van der Waals surface area contributed by atoms with Crippen molar-refractivity contribution in [3.63, 3.8) is 0 Å². The maximum atomic E-state index is 13.4. The third-order valence-corrected chi connectivity index (χ3v) is 6.11. The third kappa shape index (κ3) is 4.20. The van der Waals surface area contributed by atoms with Gasteiger partial charge in [0.15, 0.2) is 0 Å². The summed E-state index contributed by atoms with van der Waals surface area (Å²) in [7, 11) is 6.68. The zero-order valence-corrected chi connectivity index (χ0v) is 19.4. The van der Waals surface area contributed by atoms with Crippen molar-refractivity contribution in [3.8, 4) is 17.2 Å². The molecule has 0 aliphatic carbocycles. The molecule has 3 aromatic rings. The minimum Gasteiger partial charge on any atom is -0.497 e. The Morgan fingerprint density at radius 2 is 1.76 bits per heavy atom. The number of fused-ring (bicyclic) bond motifs is 1. The van der Waals surface area contributed by atoms with Crippen LogP contribution in [0.1, 0.15) is 28.9 Å². The van der Waals surface area contributed by atoms with E-state index in [0.717, 1.165) is 34.4 Å². The summed E-state index contributed by atoms with van der Waals surface area (Å²) < 4.78 is 18.0. The van der Waals surface area contributed by atoms with Gasteiger partial charge in [0, 0.05) is 31.9 Å². The number of ether oxygens (including phenoxy) is 3. The van der Waals surface area contributed by atoms with Gasteiger partial charge >= 0.3 is 0 Å². The van der Waals surface area contributed by atoms with Gasteiger partial charge in [-0.3, -0.25) is 9.59 Å². The Kier molecular flexibility index (Phi) is 6.44. The predicted molar refractivity (Wildman–Crippen MR) is 127 cm³/mol. The van der Waals surface area contributed by atoms with Crippen LogP contribution in [0, 0.1) is 0 Å². The van der Waals surface area contributed by atoms with E-state index in [4.69, 9.17) is 14.2 Å². The Morgan fingerprint density at radius 1 is 1.03 bits per heavy atom. The third-order valence-electron chi connectivity index (χ3n) is 6.11. The molecule has 0 unspecified atom stereocenters. The number of hydrogen-bond donors (Lipinski definition) is 1. The molecule has 1 aromatic heterocycles. The van der Waals surface area contributed by atoms with E-state index in [1.807, 2.05) is 48.0 Å². The van der Waals surface area contributed by atoms with Crippen LogP contribution in [-0.4, -0.2) is 50.8 Å². The Hall–Kier alpha value is -3.68. The highest BCUT2D eigenvalue weighted by Gasteiger charge is 2.31. The molecular formula is C25H29N3O5. The molecule has 0 spiro atoms. The summed E-state index contributed by atoms with van der Waals surface area (Å²) in [6.45, 7) is 0.997. The van der Waals surface area contributed by atoms with E-state index in [0.29, 0.717) is 43.1 Å². The number of rotatable bonds is 8. The van der Waals surface area contributed by atoms with Crippen molar-refractivity contribution in [3.05, 3.63) is 47.7 Å². The molecule has 1 fully saturated rings. The average molecular weight is 452 g/mol. The molecule has 8 heteroatoms. The Labute approximate surface area is 193 Å². The Morgan fingerprint density at radius 3 is 2.42 bits per heavy atom. The van der Waals surface area contributed by atoms with E-state index >= 15 is 0 Å². The van der Waals surface area contributed by atoms with Crippen LogP contribution in [-0.2, 0) is 18.3 Å². The predicted octanol–water partition coefficient (Wildman–Crippen LogP) is 3.30. The van der Waals surface area contributed by atoms with Crippen molar-refractivity contribution in [2.45, 2.75) is 19.3 Å². The highest BCUT2D eigenvalue weighted by Crippen LogP contribution is 2.37. The minimum atomic E-state index is -0.232. The van der Waals surface area contributed by atoms with E-state index in [1.54, 1.807) is 26.2 Å². The van der Waals surface area contributed by atoms with E-state index in [9.17, 15) is 9.59 Å². The molecule has 0 bridgehead atoms. The number of methoxy groups -OCH3 is 3. The summed E-state index contributed by atoms with van der Waals surface area (Å²) in [6, 6.07) is 11.2. The number of hydrogen-bond acceptors (Lipinski definition) is 5. The lowest BCUT2D eigenvalue weighted by atomic mass is 10.1. The first-order chi connectivity index (χ1) is 16.0. The normalized spacial score (nSPS) is 13.5. The van der Waals surface area contributed by atoms with Crippen molar-refractivity contribution in [1.29, 1.82) is 0 Å². The van der Waals surface area contributed by atoms with E-state index in [1.165, 1.54) is 0 Å². The maximum absolute atomic E-state index is 13.4. The SMILES string of the molecule is COc1ccc(OC)c(CCNC(=O)c2c(N3CCCC3=O)c3cc(OC)ccc3n2C)c1. The monoisotopic (exact) mass is 451 g/mol. The smallest absolute Gasteiger partial charge is 0.270 e. The molecule has 0 atom stereocenters. The lowest BCUT2D eigenvalue weighted by Crippen LogP contribution is -2.31. The first-order valence-electron chi connectivity index (χ1n) is 10.9. The molecule has 1 aliphatic heterocycles. The van der Waals surface area contributed by atoms with Crippen molar-refractivity contribution in [1.82, 2.24) is 9.88 Å². The molecule has 4 rings (SSSR count). The average Bonchev–Trinajstić information content (AvgIpc) is 3.38. The van der Waals surface area contributed by atoms with E-state index < -0.39 is 0 Å². The minimum absolute atomic E-state index is 0.0282. The topological polar surface area (TPSA) is 82.0 Å². The summed E-state index contributed by atoms with van der Waals surface area (Å²) in [5.41, 5.74) is 2.91. The molecule has 2 aromatic carbocycles. The number of nitrogens with zero attached hydrogens (tertiary/aromatic N) is 2. The second kappa shape index (κ2) is 9.44. The lowest BCUT2D eigenvalue weighted by Gasteiger charge is -2.18. The van der Waals surface area contributed by atoms with Crippen LogP contribution in [0.3, 0.4) is 0 Å². The van der Waals surface area contributed by atoms with Crippen molar-refractivity contribution in [2.24, 2.45) is 7.05 Å². The fourth-order valence-corrected chi connectivity index (χ4v) is 4.42. The second-order valence-electron chi connectivity index (χ2n) is 7.97. The van der Waals surface area contributed by atoms with E-state index in [-0.39, 0.29) is 11.8 Å². The molecule has 1 saturated heterocycles. The fourth-order valence-electron chi connectivity index (χ4n) is 4.42. The van der Waals surface area contributed by atoms with Crippen molar-refractivity contribution < 1.29 is 23.8 Å². The van der Waals surface area contributed by atoms with Gasteiger partial charge in [0.2, 0.25) is 5.91 Å². The molecule has 8 nitrogen and oxygen atoms in total. The number of amides is 2. The summed E-state index contributed by atoms with van der Waals surface area (Å²) in [5, 5.41) is 3.85. The molecule has 2 amide bonds. The van der Waals surface area contributed by atoms with E-state index in [2.05, 4.69) is 5.32 Å². The highest BCUT2D eigenvalue weighted by molar-refractivity contribution is 6.14. The molecule has 174 valence electrons. The van der Waals surface area contributed by atoms with Gasteiger partial charge in [-0.25, -0.2) is 0 Å². The first kappa shape index (κ1) is 22.5. The van der Waals surface area contributed by atoms with Gasteiger partial charge in [0.1, 0.15) is 22.9 Å². The first-order valence-corrected chi connectivity index (χ1v) is 10.9. The van der Waals surface area contributed by atoms with Crippen LogP contribution in [0.25, 0.3) is 10.9 Å². The van der Waals surface area contributed by atoms with Crippen LogP contribution >= 0.6 is 0 Å². The highest BCUT2D eigenvalue weighted by atomic mass is 16.5. The molecular weight excluding hydrogens is 422 g/mol. The standard InChI is InChI=1S/C25H29N3O5/c1-27-20-9-7-18(32-3)15-19(20)23(28-13-5-6-22(28)29)24(27)25(30)26-12-11-16-14-17(31-2)8-10-21(16)33-4/h7-10,14-15H,5-6,11-13H2,1-4H3,(H,26,30). The van der Waals surface area contributed by atoms with Gasteiger partial charge in [-0.15, -0.1) is 0 Å². The summed E-state index contributed by atoms with van der Waals surface area (Å²) >= 11 is 0. The number of benzene rings is 2. The van der Waals surface area contributed by atoms with Gasteiger partial charge in [0.25, 0.3) is 5.91 Å². The quantitative estimate of drug-likeness (QED) is 0.568.